The molecule has 0 aliphatic rings. The van der Waals surface area contributed by atoms with E-state index in [0.29, 0.717) is 6.04 Å². The third-order valence-corrected chi connectivity index (χ3v) is 4.73. The fourth-order valence-corrected chi connectivity index (χ4v) is 3.66. The summed E-state index contributed by atoms with van der Waals surface area (Å²) in [4.78, 5) is 2.40. The van der Waals surface area contributed by atoms with Crippen molar-refractivity contribution in [2.45, 2.75) is 36.2 Å². The van der Waals surface area contributed by atoms with Gasteiger partial charge in [0.2, 0.25) is 0 Å². The Balaban J connectivity index is 2.24. The second-order valence-electron chi connectivity index (χ2n) is 4.81. The first-order valence-corrected chi connectivity index (χ1v) is 8.49. The Hall–Kier alpha value is -0.480. The summed E-state index contributed by atoms with van der Waals surface area (Å²) in [6, 6.07) is 14.8. The van der Waals surface area contributed by atoms with Gasteiger partial charge in [-0.1, -0.05) is 65.3 Å². The van der Waals surface area contributed by atoms with Crippen LogP contribution in [0.1, 0.15) is 19.4 Å². The standard InChI is InChI=1S/C16H17BrClNS/c1-11(2)19-10-14-15(18)7-4-8-16(14)20-13-6-3-5-12(17)9-13/h3-9,11,19H,10H2,1-2H3. The zero-order valence-electron chi connectivity index (χ0n) is 11.5. The van der Waals surface area contributed by atoms with Crippen LogP contribution in [0.3, 0.4) is 0 Å². The van der Waals surface area contributed by atoms with Crippen LogP contribution in [0.4, 0.5) is 0 Å². The highest BCUT2D eigenvalue weighted by Crippen LogP contribution is 2.34. The van der Waals surface area contributed by atoms with Gasteiger partial charge in [0, 0.05) is 31.9 Å². The van der Waals surface area contributed by atoms with Crippen molar-refractivity contribution in [3.63, 3.8) is 0 Å². The topological polar surface area (TPSA) is 12.0 Å². The fraction of sp³-hybridized carbons (Fsp3) is 0.250. The van der Waals surface area contributed by atoms with E-state index in [1.54, 1.807) is 11.8 Å². The number of rotatable bonds is 5. The summed E-state index contributed by atoms with van der Waals surface area (Å²) >= 11 is 11.6. The van der Waals surface area contributed by atoms with Gasteiger partial charge in [0.1, 0.15) is 0 Å². The summed E-state index contributed by atoms with van der Waals surface area (Å²) in [5.74, 6) is 0. The highest BCUT2D eigenvalue weighted by Gasteiger charge is 2.09. The molecule has 0 aliphatic carbocycles. The lowest BCUT2D eigenvalue weighted by atomic mass is 10.2. The fourth-order valence-electron chi connectivity index (χ4n) is 1.77. The molecule has 0 heterocycles. The molecule has 2 aromatic carbocycles. The maximum Gasteiger partial charge on any atom is 0.0462 e. The minimum Gasteiger partial charge on any atom is -0.310 e. The molecule has 1 nitrogen and oxygen atoms in total. The Morgan fingerprint density at radius 3 is 2.65 bits per heavy atom. The third kappa shape index (κ3) is 4.52. The van der Waals surface area contributed by atoms with E-state index in [0.717, 1.165) is 21.6 Å². The summed E-state index contributed by atoms with van der Waals surface area (Å²) < 4.78 is 1.09. The first-order valence-electron chi connectivity index (χ1n) is 6.50. The van der Waals surface area contributed by atoms with Gasteiger partial charge in [-0.15, -0.1) is 0 Å². The van der Waals surface area contributed by atoms with E-state index >= 15 is 0 Å². The molecule has 106 valence electrons. The van der Waals surface area contributed by atoms with Crippen LogP contribution in [-0.2, 0) is 6.54 Å². The van der Waals surface area contributed by atoms with Crippen molar-refractivity contribution in [1.29, 1.82) is 0 Å². The summed E-state index contributed by atoms with van der Waals surface area (Å²) in [5.41, 5.74) is 1.16. The highest BCUT2D eigenvalue weighted by molar-refractivity contribution is 9.10. The Labute approximate surface area is 138 Å². The smallest absolute Gasteiger partial charge is 0.0462 e. The van der Waals surface area contributed by atoms with Crippen LogP contribution in [0.15, 0.2) is 56.7 Å². The van der Waals surface area contributed by atoms with Gasteiger partial charge in [-0.25, -0.2) is 0 Å². The summed E-state index contributed by atoms with van der Waals surface area (Å²) in [5, 5.41) is 4.25. The molecule has 20 heavy (non-hydrogen) atoms. The predicted molar refractivity (Wildman–Crippen MR) is 91.7 cm³/mol. The SMILES string of the molecule is CC(C)NCc1c(Cl)cccc1Sc1cccc(Br)c1. The van der Waals surface area contributed by atoms with Crippen LogP contribution in [0.25, 0.3) is 0 Å². The molecule has 0 fully saturated rings. The zero-order chi connectivity index (χ0) is 14.5. The van der Waals surface area contributed by atoms with E-state index in [-0.39, 0.29) is 0 Å². The quantitative estimate of drug-likeness (QED) is 0.719. The average Bonchev–Trinajstić information content (AvgIpc) is 2.38. The Morgan fingerprint density at radius 2 is 1.95 bits per heavy atom. The van der Waals surface area contributed by atoms with Gasteiger partial charge in [-0.05, 0) is 35.9 Å². The predicted octanol–water partition coefficient (Wildman–Crippen LogP) is 5.75. The number of halogens is 2. The molecule has 0 unspecified atom stereocenters. The van der Waals surface area contributed by atoms with Crippen molar-refractivity contribution in [1.82, 2.24) is 5.32 Å². The normalized spacial score (nSPS) is 11.1. The van der Waals surface area contributed by atoms with Crippen molar-refractivity contribution in [2.75, 3.05) is 0 Å². The largest absolute Gasteiger partial charge is 0.310 e. The minimum absolute atomic E-state index is 0.440. The molecule has 0 bridgehead atoms. The minimum atomic E-state index is 0.440. The van der Waals surface area contributed by atoms with E-state index in [9.17, 15) is 0 Å². The van der Waals surface area contributed by atoms with E-state index in [1.165, 1.54) is 9.79 Å². The molecule has 0 spiro atoms. The molecular formula is C16H17BrClNS. The molecule has 0 saturated heterocycles. The Bertz CT molecular complexity index is 586. The zero-order valence-corrected chi connectivity index (χ0v) is 14.6. The summed E-state index contributed by atoms with van der Waals surface area (Å²) in [7, 11) is 0. The first-order chi connectivity index (χ1) is 9.56. The van der Waals surface area contributed by atoms with E-state index < -0.39 is 0 Å². The maximum atomic E-state index is 6.35. The van der Waals surface area contributed by atoms with Crippen molar-refractivity contribution in [3.05, 3.63) is 57.5 Å². The van der Waals surface area contributed by atoms with Gasteiger partial charge in [-0.2, -0.15) is 0 Å². The summed E-state index contributed by atoms with van der Waals surface area (Å²) in [6.45, 7) is 5.06. The van der Waals surface area contributed by atoms with E-state index in [4.69, 9.17) is 11.6 Å². The lowest BCUT2D eigenvalue weighted by Crippen LogP contribution is -2.22. The molecule has 0 aliphatic heterocycles. The molecule has 0 saturated carbocycles. The molecule has 0 aromatic heterocycles. The average molecular weight is 371 g/mol. The third-order valence-electron chi connectivity index (χ3n) is 2.79. The van der Waals surface area contributed by atoms with Crippen molar-refractivity contribution < 1.29 is 0 Å². The lowest BCUT2D eigenvalue weighted by Gasteiger charge is -2.14. The number of benzene rings is 2. The highest BCUT2D eigenvalue weighted by atomic mass is 79.9. The van der Waals surface area contributed by atoms with Crippen molar-refractivity contribution in [3.8, 4) is 0 Å². The van der Waals surface area contributed by atoms with Crippen LogP contribution in [0.2, 0.25) is 5.02 Å². The molecule has 0 radical (unpaired) electrons. The Morgan fingerprint density at radius 1 is 1.20 bits per heavy atom. The molecule has 0 amide bonds. The number of hydrogen-bond acceptors (Lipinski definition) is 2. The van der Waals surface area contributed by atoms with Gasteiger partial charge >= 0.3 is 0 Å². The van der Waals surface area contributed by atoms with Crippen LogP contribution < -0.4 is 5.32 Å². The van der Waals surface area contributed by atoms with Gasteiger partial charge < -0.3 is 5.32 Å². The maximum absolute atomic E-state index is 6.35. The van der Waals surface area contributed by atoms with Gasteiger partial charge in [0.05, 0.1) is 0 Å². The van der Waals surface area contributed by atoms with E-state index in [1.807, 2.05) is 24.3 Å². The molecule has 2 rings (SSSR count). The second-order valence-corrected chi connectivity index (χ2v) is 7.25. The van der Waals surface area contributed by atoms with E-state index in [2.05, 4.69) is 53.3 Å². The van der Waals surface area contributed by atoms with Crippen LogP contribution in [0.5, 0.6) is 0 Å². The number of hydrogen-bond donors (Lipinski definition) is 1. The molecule has 4 heteroatoms. The first kappa shape index (κ1) is 15.9. The van der Waals surface area contributed by atoms with Gasteiger partial charge in [0.15, 0.2) is 0 Å². The second kappa shape index (κ2) is 7.51. The van der Waals surface area contributed by atoms with Crippen molar-refractivity contribution >= 4 is 39.3 Å². The monoisotopic (exact) mass is 369 g/mol. The lowest BCUT2D eigenvalue weighted by molar-refractivity contribution is 0.585. The summed E-state index contributed by atoms with van der Waals surface area (Å²) in [6.07, 6.45) is 0. The van der Waals surface area contributed by atoms with Gasteiger partial charge in [0.25, 0.3) is 0 Å². The molecule has 2 aromatic rings. The number of nitrogens with one attached hydrogen (secondary N) is 1. The van der Waals surface area contributed by atoms with Gasteiger partial charge in [-0.3, -0.25) is 0 Å². The van der Waals surface area contributed by atoms with Crippen LogP contribution >= 0.6 is 39.3 Å². The van der Waals surface area contributed by atoms with Crippen LogP contribution in [-0.4, -0.2) is 6.04 Å². The molecule has 1 N–H and O–H groups in total. The molecular weight excluding hydrogens is 354 g/mol. The van der Waals surface area contributed by atoms with Crippen molar-refractivity contribution in [2.24, 2.45) is 0 Å². The Kier molecular flexibility index (Phi) is 5.97. The molecule has 0 atom stereocenters. The van der Waals surface area contributed by atoms with Crippen LogP contribution in [0, 0.1) is 0 Å².